The average molecular weight is 228 g/mol. The first kappa shape index (κ1) is 10.4. The lowest BCUT2D eigenvalue weighted by Crippen LogP contribution is -2.20. The lowest BCUT2D eigenvalue weighted by molar-refractivity contribution is 0.333. The van der Waals surface area contributed by atoms with Gasteiger partial charge < -0.3 is 9.73 Å². The minimum absolute atomic E-state index is 0.817. The first-order chi connectivity index (χ1) is 8.42. The summed E-state index contributed by atoms with van der Waals surface area (Å²) in [7, 11) is 0. The van der Waals surface area contributed by atoms with Gasteiger partial charge in [0.05, 0.1) is 6.20 Å². The zero-order valence-corrected chi connectivity index (χ0v) is 9.73. The number of nitrogens with zero attached hydrogens (tertiary/aromatic N) is 1. The summed E-state index contributed by atoms with van der Waals surface area (Å²) in [4.78, 5) is 3.94. The molecule has 1 aliphatic carbocycles. The molecule has 2 aromatic rings. The number of hydrogen-bond donors (Lipinski definition) is 1. The van der Waals surface area contributed by atoms with E-state index in [0.29, 0.717) is 0 Å². The van der Waals surface area contributed by atoms with Gasteiger partial charge in [-0.05, 0) is 30.9 Å². The maximum atomic E-state index is 5.29. The Morgan fingerprint density at radius 3 is 3.00 bits per heavy atom. The molecule has 1 aromatic heterocycles. The second-order valence-electron chi connectivity index (χ2n) is 4.62. The molecule has 3 heteroatoms. The molecule has 0 aliphatic heterocycles. The SMILES string of the molecule is c1cc(NCC2CCC2)cc(-c2cnco2)c1. The molecule has 1 fully saturated rings. The number of benzene rings is 1. The van der Waals surface area contributed by atoms with Crippen molar-refractivity contribution in [3.8, 4) is 11.3 Å². The molecule has 0 unspecified atom stereocenters. The highest BCUT2D eigenvalue weighted by molar-refractivity contribution is 5.63. The van der Waals surface area contributed by atoms with Gasteiger partial charge in [0.2, 0.25) is 0 Å². The molecule has 1 N–H and O–H groups in total. The topological polar surface area (TPSA) is 38.1 Å². The van der Waals surface area contributed by atoms with Crippen LogP contribution in [0.3, 0.4) is 0 Å². The maximum Gasteiger partial charge on any atom is 0.181 e. The van der Waals surface area contributed by atoms with Crippen molar-refractivity contribution in [3.05, 3.63) is 36.9 Å². The van der Waals surface area contributed by atoms with Crippen LogP contribution < -0.4 is 5.32 Å². The van der Waals surface area contributed by atoms with Gasteiger partial charge in [-0.25, -0.2) is 4.98 Å². The molecular formula is C14H16N2O. The monoisotopic (exact) mass is 228 g/mol. The quantitative estimate of drug-likeness (QED) is 0.869. The Bertz CT molecular complexity index is 475. The lowest BCUT2D eigenvalue weighted by atomic mass is 9.85. The third kappa shape index (κ3) is 2.33. The fourth-order valence-electron chi connectivity index (χ4n) is 2.10. The number of hydrogen-bond acceptors (Lipinski definition) is 3. The highest BCUT2D eigenvalue weighted by Crippen LogP contribution is 2.27. The molecule has 3 nitrogen and oxygen atoms in total. The second-order valence-corrected chi connectivity index (χ2v) is 4.62. The molecule has 0 atom stereocenters. The van der Waals surface area contributed by atoms with Crippen LogP contribution in [0.5, 0.6) is 0 Å². The lowest BCUT2D eigenvalue weighted by Gasteiger charge is -2.25. The van der Waals surface area contributed by atoms with E-state index in [1.54, 1.807) is 6.20 Å². The van der Waals surface area contributed by atoms with Crippen molar-refractivity contribution in [2.45, 2.75) is 19.3 Å². The van der Waals surface area contributed by atoms with E-state index in [4.69, 9.17) is 4.42 Å². The summed E-state index contributed by atoms with van der Waals surface area (Å²) in [6.45, 7) is 1.08. The zero-order valence-electron chi connectivity index (χ0n) is 9.73. The molecule has 1 heterocycles. The molecule has 17 heavy (non-hydrogen) atoms. The van der Waals surface area contributed by atoms with Gasteiger partial charge >= 0.3 is 0 Å². The number of rotatable bonds is 4. The van der Waals surface area contributed by atoms with Crippen molar-refractivity contribution in [1.82, 2.24) is 4.98 Å². The Labute approximate surface area is 101 Å². The van der Waals surface area contributed by atoms with E-state index in [9.17, 15) is 0 Å². The van der Waals surface area contributed by atoms with E-state index in [1.807, 2.05) is 12.1 Å². The van der Waals surface area contributed by atoms with Crippen LogP contribution >= 0.6 is 0 Å². The number of nitrogens with one attached hydrogen (secondary N) is 1. The molecule has 0 radical (unpaired) electrons. The van der Waals surface area contributed by atoms with Gasteiger partial charge in [0.25, 0.3) is 0 Å². The largest absolute Gasteiger partial charge is 0.444 e. The van der Waals surface area contributed by atoms with Crippen molar-refractivity contribution in [2.75, 3.05) is 11.9 Å². The van der Waals surface area contributed by atoms with Crippen LogP contribution in [0.4, 0.5) is 5.69 Å². The van der Waals surface area contributed by atoms with Crippen LogP contribution in [0.1, 0.15) is 19.3 Å². The first-order valence-corrected chi connectivity index (χ1v) is 6.14. The zero-order chi connectivity index (χ0) is 11.5. The van der Waals surface area contributed by atoms with Crippen molar-refractivity contribution in [1.29, 1.82) is 0 Å². The molecular weight excluding hydrogens is 212 g/mol. The summed E-state index contributed by atoms with van der Waals surface area (Å²) in [6.07, 6.45) is 7.34. The van der Waals surface area contributed by atoms with Crippen molar-refractivity contribution < 1.29 is 4.42 Å². The van der Waals surface area contributed by atoms with Gasteiger partial charge in [-0.3, -0.25) is 0 Å². The summed E-state index contributed by atoms with van der Waals surface area (Å²) in [6, 6.07) is 8.29. The fraction of sp³-hybridized carbons (Fsp3) is 0.357. The third-order valence-electron chi connectivity index (χ3n) is 3.40. The second kappa shape index (κ2) is 4.62. The van der Waals surface area contributed by atoms with Crippen molar-refractivity contribution >= 4 is 5.69 Å². The normalized spacial score (nSPS) is 15.5. The number of anilines is 1. The van der Waals surface area contributed by atoms with E-state index < -0.39 is 0 Å². The van der Waals surface area contributed by atoms with Gasteiger partial charge in [-0.2, -0.15) is 0 Å². The van der Waals surface area contributed by atoms with Gasteiger partial charge in [-0.15, -0.1) is 0 Å². The van der Waals surface area contributed by atoms with E-state index >= 15 is 0 Å². The van der Waals surface area contributed by atoms with Crippen LogP contribution in [0, 0.1) is 5.92 Å². The van der Waals surface area contributed by atoms with Crippen LogP contribution in [-0.4, -0.2) is 11.5 Å². The van der Waals surface area contributed by atoms with Gasteiger partial charge in [0.15, 0.2) is 12.2 Å². The van der Waals surface area contributed by atoms with E-state index in [0.717, 1.165) is 29.5 Å². The molecule has 0 bridgehead atoms. The Hall–Kier alpha value is -1.77. The first-order valence-electron chi connectivity index (χ1n) is 6.14. The highest BCUT2D eigenvalue weighted by atomic mass is 16.3. The molecule has 3 rings (SSSR count). The Morgan fingerprint density at radius 2 is 2.29 bits per heavy atom. The summed E-state index contributed by atoms with van der Waals surface area (Å²) in [5.74, 6) is 1.68. The van der Waals surface area contributed by atoms with Gasteiger partial charge in [0.1, 0.15) is 0 Å². The van der Waals surface area contributed by atoms with Crippen LogP contribution in [0.25, 0.3) is 11.3 Å². The molecule has 88 valence electrons. The summed E-state index contributed by atoms with van der Waals surface area (Å²) < 4.78 is 5.29. The van der Waals surface area contributed by atoms with Gasteiger partial charge in [0, 0.05) is 17.8 Å². The Kier molecular flexibility index (Phi) is 2.82. The van der Waals surface area contributed by atoms with Crippen LogP contribution in [-0.2, 0) is 0 Å². The smallest absolute Gasteiger partial charge is 0.181 e. The van der Waals surface area contributed by atoms with Crippen LogP contribution in [0.15, 0.2) is 41.3 Å². The van der Waals surface area contributed by atoms with Gasteiger partial charge in [-0.1, -0.05) is 18.6 Å². The summed E-state index contributed by atoms with van der Waals surface area (Å²) in [5.41, 5.74) is 2.23. The van der Waals surface area contributed by atoms with E-state index in [-0.39, 0.29) is 0 Å². The Morgan fingerprint density at radius 1 is 1.35 bits per heavy atom. The molecule has 1 saturated carbocycles. The summed E-state index contributed by atoms with van der Waals surface area (Å²) in [5, 5.41) is 3.49. The van der Waals surface area contributed by atoms with Crippen molar-refractivity contribution in [3.63, 3.8) is 0 Å². The van der Waals surface area contributed by atoms with E-state index in [2.05, 4.69) is 22.4 Å². The molecule has 0 amide bonds. The summed E-state index contributed by atoms with van der Waals surface area (Å²) >= 11 is 0. The number of aromatic nitrogens is 1. The predicted octanol–water partition coefficient (Wildman–Crippen LogP) is 3.55. The third-order valence-corrected chi connectivity index (χ3v) is 3.40. The molecule has 1 aliphatic rings. The van der Waals surface area contributed by atoms with Crippen LogP contribution in [0.2, 0.25) is 0 Å². The maximum absolute atomic E-state index is 5.29. The standard InChI is InChI=1S/C14H16N2O/c1-3-11(4-1)8-16-13-6-2-5-12(7-13)14-9-15-10-17-14/h2,5-7,9-11,16H,1,3-4,8H2. The molecule has 0 spiro atoms. The predicted molar refractivity (Wildman–Crippen MR) is 67.8 cm³/mol. The Balaban J connectivity index is 1.70. The molecule has 0 saturated heterocycles. The van der Waals surface area contributed by atoms with Crippen molar-refractivity contribution in [2.24, 2.45) is 5.92 Å². The minimum atomic E-state index is 0.817. The average Bonchev–Trinajstić information content (AvgIpc) is 2.81. The number of oxazole rings is 1. The molecule has 1 aromatic carbocycles. The highest BCUT2D eigenvalue weighted by Gasteiger charge is 2.16. The fourth-order valence-corrected chi connectivity index (χ4v) is 2.10. The van der Waals surface area contributed by atoms with E-state index in [1.165, 1.54) is 25.7 Å². The minimum Gasteiger partial charge on any atom is -0.444 e.